The molecule has 0 spiro atoms. The van der Waals surface area contributed by atoms with Crippen LogP contribution < -0.4 is 15.4 Å². The Morgan fingerprint density at radius 2 is 1.68 bits per heavy atom. The van der Waals surface area contributed by atoms with E-state index in [1.165, 1.54) is 6.33 Å². The summed E-state index contributed by atoms with van der Waals surface area (Å²) in [5.74, 6) is 0.921. The predicted molar refractivity (Wildman–Crippen MR) is 119 cm³/mol. The van der Waals surface area contributed by atoms with Crippen molar-refractivity contribution in [2.24, 2.45) is 0 Å². The molecule has 3 aromatic carbocycles. The van der Waals surface area contributed by atoms with E-state index in [4.69, 9.17) is 4.74 Å². The van der Waals surface area contributed by atoms with Crippen molar-refractivity contribution in [2.75, 3.05) is 10.6 Å². The molecule has 1 amide bonds. The SMILES string of the molecule is O=C(Nc1cccc(OCc2ccccc2)c1)c1cc(Nc2ccc(O)cc2)ncn1. The molecule has 0 aliphatic rings. The van der Waals surface area contributed by atoms with Gasteiger partial charge in [0.05, 0.1) is 0 Å². The highest BCUT2D eigenvalue weighted by Gasteiger charge is 2.10. The van der Waals surface area contributed by atoms with E-state index in [1.54, 1.807) is 42.5 Å². The van der Waals surface area contributed by atoms with E-state index < -0.39 is 0 Å². The van der Waals surface area contributed by atoms with Crippen LogP contribution in [0.4, 0.5) is 17.2 Å². The van der Waals surface area contributed by atoms with Gasteiger partial charge in [-0.1, -0.05) is 36.4 Å². The highest BCUT2D eigenvalue weighted by atomic mass is 16.5. The van der Waals surface area contributed by atoms with Gasteiger partial charge in [0, 0.05) is 23.5 Å². The number of phenolic OH excluding ortho intramolecular Hbond substituents is 1. The summed E-state index contributed by atoms with van der Waals surface area (Å²) in [7, 11) is 0. The standard InChI is InChI=1S/C24H20N4O3/c29-20-11-9-18(10-12-20)27-23-14-22(25-16-26-23)24(30)28-19-7-4-8-21(13-19)31-15-17-5-2-1-3-6-17/h1-14,16,29H,15H2,(H,28,30)(H,25,26,27). The first-order chi connectivity index (χ1) is 15.2. The lowest BCUT2D eigenvalue weighted by molar-refractivity contribution is 0.102. The second kappa shape index (κ2) is 9.41. The normalized spacial score (nSPS) is 10.3. The molecule has 0 unspecified atom stereocenters. The van der Waals surface area contributed by atoms with Crippen LogP contribution in [0.3, 0.4) is 0 Å². The highest BCUT2D eigenvalue weighted by molar-refractivity contribution is 6.03. The molecular formula is C24H20N4O3. The number of ether oxygens (including phenoxy) is 1. The van der Waals surface area contributed by atoms with Crippen molar-refractivity contribution in [3.8, 4) is 11.5 Å². The monoisotopic (exact) mass is 412 g/mol. The Labute approximate surface area is 179 Å². The Bertz CT molecular complexity index is 1160. The van der Waals surface area contributed by atoms with Crippen LogP contribution in [0, 0.1) is 0 Å². The smallest absolute Gasteiger partial charge is 0.274 e. The highest BCUT2D eigenvalue weighted by Crippen LogP contribution is 2.21. The number of carbonyl (C=O) groups is 1. The summed E-state index contributed by atoms with van der Waals surface area (Å²) < 4.78 is 5.81. The molecule has 0 aliphatic carbocycles. The van der Waals surface area contributed by atoms with E-state index in [9.17, 15) is 9.90 Å². The van der Waals surface area contributed by atoms with Crippen molar-refractivity contribution in [1.82, 2.24) is 9.97 Å². The van der Waals surface area contributed by atoms with Gasteiger partial charge in [-0.3, -0.25) is 4.79 Å². The lowest BCUT2D eigenvalue weighted by Crippen LogP contribution is -2.14. The second-order valence-electron chi connectivity index (χ2n) is 6.72. The molecule has 0 saturated carbocycles. The topological polar surface area (TPSA) is 96.4 Å². The molecule has 0 bridgehead atoms. The maximum atomic E-state index is 12.7. The Kier molecular flexibility index (Phi) is 6.04. The number of benzene rings is 3. The first-order valence-corrected chi connectivity index (χ1v) is 9.62. The van der Waals surface area contributed by atoms with Crippen molar-refractivity contribution in [2.45, 2.75) is 6.61 Å². The zero-order valence-electron chi connectivity index (χ0n) is 16.5. The van der Waals surface area contributed by atoms with Gasteiger partial charge in [0.1, 0.15) is 35.9 Å². The van der Waals surface area contributed by atoms with Crippen molar-refractivity contribution in [3.05, 3.63) is 103 Å². The number of anilines is 3. The minimum atomic E-state index is -0.364. The molecule has 7 heteroatoms. The van der Waals surface area contributed by atoms with Gasteiger partial charge in [-0.15, -0.1) is 0 Å². The molecule has 31 heavy (non-hydrogen) atoms. The van der Waals surface area contributed by atoms with Crippen LogP contribution in [0.1, 0.15) is 16.1 Å². The number of aromatic hydroxyl groups is 1. The molecule has 7 nitrogen and oxygen atoms in total. The van der Waals surface area contributed by atoms with Gasteiger partial charge in [0.15, 0.2) is 0 Å². The molecule has 4 rings (SSSR count). The number of rotatable bonds is 7. The molecule has 154 valence electrons. The van der Waals surface area contributed by atoms with Gasteiger partial charge in [-0.25, -0.2) is 9.97 Å². The van der Waals surface area contributed by atoms with E-state index in [-0.39, 0.29) is 17.4 Å². The minimum Gasteiger partial charge on any atom is -0.508 e. The average molecular weight is 412 g/mol. The van der Waals surface area contributed by atoms with E-state index in [2.05, 4.69) is 20.6 Å². The van der Waals surface area contributed by atoms with E-state index in [0.717, 1.165) is 11.3 Å². The van der Waals surface area contributed by atoms with Crippen molar-refractivity contribution >= 4 is 23.1 Å². The second-order valence-corrected chi connectivity index (χ2v) is 6.72. The third-order valence-corrected chi connectivity index (χ3v) is 4.38. The predicted octanol–water partition coefficient (Wildman–Crippen LogP) is 4.76. The summed E-state index contributed by atoms with van der Waals surface area (Å²) in [4.78, 5) is 20.8. The zero-order chi connectivity index (χ0) is 21.5. The van der Waals surface area contributed by atoms with E-state index in [0.29, 0.717) is 23.9 Å². The van der Waals surface area contributed by atoms with E-state index in [1.807, 2.05) is 42.5 Å². The number of nitrogens with one attached hydrogen (secondary N) is 2. The Balaban J connectivity index is 1.40. The summed E-state index contributed by atoms with van der Waals surface area (Å²) in [5, 5.41) is 15.3. The number of hydrogen-bond acceptors (Lipinski definition) is 6. The maximum Gasteiger partial charge on any atom is 0.274 e. The number of aromatic nitrogens is 2. The fourth-order valence-corrected chi connectivity index (χ4v) is 2.84. The number of phenols is 1. The molecule has 0 aliphatic heterocycles. The summed E-state index contributed by atoms with van der Waals surface area (Å²) in [5.41, 5.74) is 2.60. The molecule has 1 aromatic heterocycles. The number of amides is 1. The minimum absolute atomic E-state index is 0.170. The molecule has 3 N–H and O–H groups in total. The molecule has 1 heterocycles. The third-order valence-electron chi connectivity index (χ3n) is 4.38. The maximum absolute atomic E-state index is 12.7. The van der Waals surface area contributed by atoms with Crippen LogP contribution >= 0.6 is 0 Å². The molecule has 4 aromatic rings. The first kappa shape index (κ1) is 19.9. The lowest BCUT2D eigenvalue weighted by atomic mass is 10.2. The lowest BCUT2D eigenvalue weighted by Gasteiger charge is -2.10. The number of nitrogens with zero attached hydrogens (tertiary/aromatic N) is 2. The average Bonchev–Trinajstić information content (AvgIpc) is 2.80. The van der Waals surface area contributed by atoms with Gasteiger partial charge in [0.25, 0.3) is 5.91 Å². The Morgan fingerprint density at radius 1 is 0.871 bits per heavy atom. The largest absolute Gasteiger partial charge is 0.508 e. The molecule has 0 fully saturated rings. The number of hydrogen-bond donors (Lipinski definition) is 3. The fraction of sp³-hybridized carbons (Fsp3) is 0.0417. The van der Waals surface area contributed by atoms with Crippen molar-refractivity contribution < 1.29 is 14.6 Å². The zero-order valence-corrected chi connectivity index (χ0v) is 16.5. The Morgan fingerprint density at radius 3 is 2.48 bits per heavy atom. The van der Waals surface area contributed by atoms with Crippen LogP contribution in [0.2, 0.25) is 0 Å². The van der Waals surface area contributed by atoms with Crippen LogP contribution in [-0.4, -0.2) is 21.0 Å². The third kappa shape index (κ3) is 5.57. The van der Waals surface area contributed by atoms with Gasteiger partial charge in [-0.05, 0) is 42.0 Å². The first-order valence-electron chi connectivity index (χ1n) is 9.62. The van der Waals surface area contributed by atoms with E-state index >= 15 is 0 Å². The molecule has 0 atom stereocenters. The summed E-state index contributed by atoms with van der Waals surface area (Å²) in [6.45, 7) is 0.441. The number of carbonyl (C=O) groups excluding carboxylic acids is 1. The van der Waals surface area contributed by atoms with Crippen LogP contribution in [0.25, 0.3) is 0 Å². The van der Waals surface area contributed by atoms with Crippen molar-refractivity contribution in [3.63, 3.8) is 0 Å². The molecule has 0 saturated heterocycles. The van der Waals surface area contributed by atoms with Gasteiger partial charge in [-0.2, -0.15) is 0 Å². The molecule has 0 radical (unpaired) electrons. The summed E-state index contributed by atoms with van der Waals surface area (Å²) >= 11 is 0. The van der Waals surface area contributed by atoms with Gasteiger partial charge >= 0.3 is 0 Å². The summed E-state index contributed by atoms with van der Waals surface area (Å²) in [6.07, 6.45) is 1.32. The molecular weight excluding hydrogens is 392 g/mol. The van der Waals surface area contributed by atoms with Crippen molar-refractivity contribution in [1.29, 1.82) is 0 Å². The fourth-order valence-electron chi connectivity index (χ4n) is 2.84. The Hall–Kier alpha value is -4.39. The van der Waals surface area contributed by atoms with Gasteiger partial charge in [0.2, 0.25) is 0 Å². The van der Waals surface area contributed by atoms with Gasteiger partial charge < -0.3 is 20.5 Å². The van der Waals surface area contributed by atoms with Crippen LogP contribution in [0.5, 0.6) is 11.5 Å². The van der Waals surface area contributed by atoms with Crippen LogP contribution in [0.15, 0.2) is 91.3 Å². The quantitative estimate of drug-likeness (QED) is 0.379. The summed E-state index contributed by atoms with van der Waals surface area (Å²) in [6, 6.07) is 25.1. The van der Waals surface area contributed by atoms with Crippen LogP contribution in [-0.2, 0) is 6.61 Å².